The van der Waals surface area contributed by atoms with Crippen LogP contribution in [0, 0.1) is 5.41 Å². The van der Waals surface area contributed by atoms with Gasteiger partial charge in [0.2, 0.25) is 0 Å². The van der Waals surface area contributed by atoms with Crippen molar-refractivity contribution in [3.63, 3.8) is 0 Å². The Kier molecular flexibility index (Phi) is 2.44. The summed E-state index contributed by atoms with van der Waals surface area (Å²) in [5, 5.41) is 15.1. The van der Waals surface area contributed by atoms with E-state index >= 15 is 0 Å². The third-order valence-corrected chi connectivity index (χ3v) is 0.515. The van der Waals surface area contributed by atoms with Crippen LogP contribution in [0.15, 0.2) is 0 Å². The second-order valence-corrected chi connectivity index (χ2v) is 1.58. The molecule has 1 unspecified atom stereocenters. The zero-order valence-corrected chi connectivity index (χ0v) is 4.31. The van der Waals surface area contributed by atoms with E-state index < -0.39 is 6.00 Å². The third-order valence-electron chi connectivity index (χ3n) is 0.515. The second-order valence-electron chi connectivity index (χ2n) is 1.58. The molecule has 0 amide bonds. The zero-order valence-electron chi connectivity index (χ0n) is 4.31. The highest BCUT2D eigenvalue weighted by atomic mass is 16.3. The van der Waals surface area contributed by atoms with E-state index in [4.69, 9.17) is 16.2 Å². The molecule has 0 saturated heterocycles. The molecule has 40 valence electrons. The predicted octanol–water partition coefficient (Wildman–Crippen LogP) is -1.74. The van der Waals surface area contributed by atoms with Gasteiger partial charge in [-0.05, 0) is 0 Å². The molecule has 0 aliphatic heterocycles. The molecule has 0 heterocycles. The number of nitrogens with one attached hydrogen (secondary N) is 1. The van der Waals surface area contributed by atoms with Crippen molar-refractivity contribution in [2.24, 2.45) is 5.73 Å². The molecule has 0 rings (SSSR count). The normalized spacial score (nSPS) is 13.3. The van der Waals surface area contributed by atoms with Crippen LogP contribution in [0.1, 0.15) is 6.42 Å². The van der Waals surface area contributed by atoms with Crippen molar-refractivity contribution in [3.05, 3.63) is 0 Å². The van der Waals surface area contributed by atoms with Crippen molar-refractivity contribution in [2.45, 2.75) is 12.4 Å². The highest BCUT2D eigenvalue weighted by Gasteiger charge is 1.94. The van der Waals surface area contributed by atoms with E-state index in [0.717, 1.165) is 0 Å². The molecule has 0 radical (unpaired) electrons. The van der Waals surface area contributed by atoms with Crippen LogP contribution in [0.5, 0.6) is 0 Å². The maximum atomic E-state index is 8.50. The first-order valence-corrected chi connectivity index (χ1v) is 2.14. The number of aliphatic hydroxyl groups excluding tert-OH is 1. The van der Waals surface area contributed by atoms with Crippen LogP contribution in [0.2, 0.25) is 0 Å². The molecule has 0 spiro atoms. The van der Waals surface area contributed by atoms with Crippen molar-refractivity contribution in [2.75, 3.05) is 0 Å². The lowest BCUT2D eigenvalue weighted by Crippen LogP contribution is -2.18. The van der Waals surface area contributed by atoms with Gasteiger partial charge >= 0.3 is 0 Å². The summed E-state index contributed by atoms with van der Waals surface area (Å²) in [4.78, 5) is 0. The minimum absolute atomic E-state index is 0.0370. The first kappa shape index (κ1) is 6.49. The van der Waals surface area contributed by atoms with Crippen LogP contribution < -0.4 is 5.73 Å². The Hall–Kier alpha value is -0.505. The number of nitrogens with two attached hydrogens (primary N) is 1. The van der Waals surface area contributed by atoms with Crippen LogP contribution in [-0.2, 0) is 0 Å². The van der Waals surface area contributed by atoms with Crippen molar-refractivity contribution in [3.8, 4) is 0 Å². The molecule has 0 aromatic carbocycles. The van der Waals surface area contributed by atoms with Gasteiger partial charge in [-0.15, -0.1) is 0 Å². The summed E-state index contributed by atoms with van der Waals surface area (Å²) in [6, 6.07) is -0.475. The fourth-order valence-electron chi connectivity index (χ4n) is 0.318. The van der Waals surface area contributed by atoms with Crippen molar-refractivity contribution >= 4 is 13.7 Å². The summed E-state index contributed by atoms with van der Waals surface area (Å²) in [5.41, 5.74) is 4.92. The monoisotopic (exact) mass is 100 g/mol. The molecule has 0 aromatic heterocycles. The summed E-state index contributed by atoms with van der Waals surface area (Å²) in [7, 11) is 1.60. The van der Waals surface area contributed by atoms with Gasteiger partial charge in [0.05, 0.1) is 5.84 Å². The molecule has 1 atom stereocenters. The Morgan fingerprint density at radius 3 is 2.43 bits per heavy atom. The van der Waals surface area contributed by atoms with Crippen molar-refractivity contribution < 1.29 is 5.11 Å². The average Bonchev–Trinajstić information content (AvgIpc) is 1.27. The molecule has 7 heavy (non-hydrogen) atoms. The predicted molar refractivity (Wildman–Crippen MR) is 31.1 cm³/mol. The van der Waals surface area contributed by atoms with Gasteiger partial charge in [0, 0.05) is 12.4 Å². The van der Waals surface area contributed by atoms with E-state index in [1.807, 2.05) is 0 Å². The fraction of sp³-hybridized carbons (Fsp3) is 0.667. The van der Waals surface area contributed by atoms with E-state index in [1.54, 1.807) is 7.85 Å². The van der Waals surface area contributed by atoms with Gasteiger partial charge in [-0.1, -0.05) is 0 Å². The van der Waals surface area contributed by atoms with E-state index in [1.165, 1.54) is 0 Å². The number of hydrogen-bond acceptors (Lipinski definition) is 2. The Labute approximate surface area is 43.4 Å². The lowest BCUT2D eigenvalue weighted by molar-refractivity contribution is 0.263. The van der Waals surface area contributed by atoms with Crippen LogP contribution in [-0.4, -0.2) is 24.8 Å². The largest absolute Gasteiger partial charge is 0.402 e. The maximum absolute atomic E-state index is 8.50. The first-order chi connectivity index (χ1) is 3.13. The highest BCUT2D eigenvalue weighted by Crippen LogP contribution is 1.80. The molecule has 3 nitrogen and oxygen atoms in total. The van der Waals surface area contributed by atoms with Gasteiger partial charge in [0.1, 0.15) is 7.85 Å². The summed E-state index contributed by atoms with van der Waals surface area (Å²) >= 11 is 0. The smallest absolute Gasteiger partial charge is 0.139 e. The van der Waals surface area contributed by atoms with Crippen molar-refractivity contribution in [1.82, 2.24) is 0 Å². The van der Waals surface area contributed by atoms with Crippen LogP contribution in [0.3, 0.4) is 0 Å². The standard InChI is InChI=1S/C3H9BN2O/c4-2(7)1-3(5)6/h2,7H,1,4H2,(H3,5,6). The minimum Gasteiger partial charge on any atom is -0.402 e. The fourth-order valence-corrected chi connectivity index (χ4v) is 0.318. The van der Waals surface area contributed by atoms with Gasteiger partial charge in [-0.25, -0.2) is 0 Å². The molecular formula is C3H9BN2O. The molecule has 4 N–H and O–H groups in total. The molecule has 0 saturated carbocycles. The summed E-state index contributed by atoms with van der Waals surface area (Å²) in [5.74, 6) is 0.0370. The molecule has 0 aromatic rings. The van der Waals surface area contributed by atoms with Gasteiger partial charge < -0.3 is 10.8 Å². The van der Waals surface area contributed by atoms with Crippen LogP contribution >= 0.6 is 0 Å². The van der Waals surface area contributed by atoms with Gasteiger partial charge in [-0.3, -0.25) is 5.41 Å². The quantitative estimate of drug-likeness (QED) is 0.219. The maximum Gasteiger partial charge on any atom is 0.139 e. The topological polar surface area (TPSA) is 70.1 Å². The van der Waals surface area contributed by atoms with E-state index in [0.29, 0.717) is 0 Å². The van der Waals surface area contributed by atoms with Crippen LogP contribution in [0.4, 0.5) is 0 Å². The summed E-state index contributed by atoms with van der Waals surface area (Å²) in [6.45, 7) is 0. The first-order valence-electron chi connectivity index (χ1n) is 2.14. The number of hydrogen-bond donors (Lipinski definition) is 3. The molecule has 0 aliphatic rings. The second kappa shape index (κ2) is 2.63. The Balaban J connectivity index is 3.13. The molecular weight excluding hydrogens is 90.9 g/mol. The van der Waals surface area contributed by atoms with E-state index in [9.17, 15) is 0 Å². The lowest BCUT2D eigenvalue weighted by Gasteiger charge is -1.97. The third kappa shape index (κ3) is 5.49. The number of aliphatic hydroxyl groups is 1. The molecule has 0 fully saturated rings. The minimum atomic E-state index is -0.475. The highest BCUT2D eigenvalue weighted by molar-refractivity contribution is 6.12. The summed E-state index contributed by atoms with van der Waals surface area (Å²) in [6.07, 6.45) is 0.278. The zero-order chi connectivity index (χ0) is 5.86. The number of amidine groups is 1. The lowest BCUT2D eigenvalue weighted by atomic mass is 9.97. The Bertz CT molecular complexity index is 73.3. The SMILES string of the molecule is BC(O)CC(=N)N. The average molecular weight is 99.9 g/mol. The van der Waals surface area contributed by atoms with E-state index in [2.05, 4.69) is 0 Å². The van der Waals surface area contributed by atoms with Crippen molar-refractivity contribution in [1.29, 1.82) is 5.41 Å². The van der Waals surface area contributed by atoms with Gasteiger partial charge in [0.15, 0.2) is 0 Å². The molecule has 0 bridgehead atoms. The van der Waals surface area contributed by atoms with Gasteiger partial charge in [0.25, 0.3) is 0 Å². The Morgan fingerprint density at radius 2 is 2.43 bits per heavy atom. The molecule has 0 aliphatic carbocycles. The van der Waals surface area contributed by atoms with Gasteiger partial charge in [-0.2, -0.15) is 0 Å². The molecule has 4 heteroatoms. The van der Waals surface area contributed by atoms with E-state index in [-0.39, 0.29) is 12.3 Å². The van der Waals surface area contributed by atoms with Crippen LogP contribution in [0.25, 0.3) is 0 Å². The number of rotatable bonds is 2. The summed E-state index contributed by atoms with van der Waals surface area (Å²) < 4.78 is 0. The Morgan fingerprint density at radius 1 is 2.00 bits per heavy atom.